The van der Waals surface area contributed by atoms with E-state index < -0.39 is 0 Å². The van der Waals surface area contributed by atoms with Gasteiger partial charge in [0, 0.05) is 26.2 Å². The van der Waals surface area contributed by atoms with Crippen LogP contribution in [0.2, 0.25) is 0 Å². The zero-order valence-corrected chi connectivity index (χ0v) is 26.2. The van der Waals surface area contributed by atoms with Crippen LogP contribution in [0.15, 0.2) is 0 Å². The highest BCUT2D eigenvalue weighted by atomic mass is 15.2. The van der Waals surface area contributed by atoms with Crippen LogP contribution in [-0.4, -0.2) is 98.1 Å². The van der Waals surface area contributed by atoms with Crippen LogP contribution in [0.25, 0.3) is 0 Å². The first-order chi connectivity index (χ1) is 19.7. The SMILES string of the molecule is C1CC2CCC1CN1CCC(CC1)C1CCN(CC1)CC1CCC(CC1)CN1CCC(CC1)C1CCN(CC1)C2. The van der Waals surface area contributed by atoms with Crippen LogP contribution in [0.1, 0.15) is 103 Å². The average molecular weight is 553 g/mol. The lowest BCUT2D eigenvalue weighted by Crippen LogP contribution is -2.44. The van der Waals surface area contributed by atoms with Crippen LogP contribution in [0, 0.1) is 47.3 Å². The molecule has 2 aliphatic carbocycles. The molecule has 0 amide bonds. The Morgan fingerprint density at radius 2 is 0.400 bits per heavy atom. The van der Waals surface area contributed by atoms with E-state index in [2.05, 4.69) is 19.6 Å². The first-order valence-corrected chi connectivity index (χ1v) is 18.6. The Hall–Kier alpha value is -0.160. The molecule has 20 aliphatic heterocycles. The maximum atomic E-state index is 2.89. The number of hydrogen-bond acceptors (Lipinski definition) is 4. The molecule has 4 heteroatoms. The number of nitrogens with zero attached hydrogens (tertiary/aromatic N) is 4. The molecule has 0 N–H and O–H groups in total. The van der Waals surface area contributed by atoms with Gasteiger partial charge in [0.1, 0.15) is 0 Å². The summed E-state index contributed by atoms with van der Waals surface area (Å²) >= 11 is 0. The highest BCUT2D eigenvalue weighted by molar-refractivity contribution is 4.88. The lowest BCUT2D eigenvalue weighted by Gasteiger charge is -2.44. The third-order valence-corrected chi connectivity index (χ3v) is 13.9. The van der Waals surface area contributed by atoms with E-state index in [9.17, 15) is 0 Å². The van der Waals surface area contributed by atoms with E-state index in [1.807, 2.05) is 0 Å². The minimum atomic E-state index is 0.995. The third-order valence-electron chi connectivity index (χ3n) is 13.9. The Labute approximate surface area is 248 Å². The molecule has 228 valence electrons. The molecule has 12 bridgehead atoms. The fourth-order valence-corrected chi connectivity index (χ4v) is 11.1. The summed E-state index contributed by atoms with van der Waals surface area (Å²) in [5, 5.41) is 0. The Kier molecular flexibility index (Phi) is 9.76. The summed E-state index contributed by atoms with van der Waals surface area (Å²) in [6.07, 6.45) is 24.1. The molecule has 22 fully saturated rings. The maximum Gasteiger partial charge on any atom is 0.000966 e. The van der Waals surface area contributed by atoms with Crippen LogP contribution in [0.4, 0.5) is 0 Å². The lowest BCUT2D eigenvalue weighted by atomic mass is 9.76. The number of hydrogen-bond donors (Lipinski definition) is 0. The molecule has 20 saturated heterocycles. The smallest absolute Gasteiger partial charge is 0.000966 e. The van der Waals surface area contributed by atoms with Crippen LogP contribution in [-0.2, 0) is 0 Å². The summed E-state index contributed by atoms with van der Waals surface area (Å²) in [6, 6.07) is 0. The molecule has 0 aromatic rings. The van der Waals surface area contributed by atoms with E-state index in [1.54, 1.807) is 0 Å². The van der Waals surface area contributed by atoms with Crippen molar-refractivity contribution in [1.82, 2.24) is 19.6 Å². The molecular formula is C36H64N4. The molecule has 22 aliphatic rings. The molecule has 0 aromatic heterocycles. The van der Waals surface area contributed by atoms with Crippen molar-refractivity contribution in [3.63, 3.8) is 0 Å². The Morgan fingerprint density at radius 1 is 0.225 bits per heavy atom. The van der Waals surface area contributed by atoms with Crippen molar-refractivity contribution < 1.29 is 0 Å². The van der Waals surface area contributed by atoms with Crippen LogP contribution in [0.3, 0.4) is 0 Å². The van der Waals surface area contributed by atoms with E-state index in [0.29, 0.717) is 0 Å². The molecule has 0 unspecified atom stereocenters. The second-order valence-electron chi connectivity index (χ2n) is 16.3. The molecule has 22 rings (SSSR count). The van der Waals surface area contributed by atoms with Crippen molar-refractivity contribution in [2.45, 2.75) is 103 Å². The van der Waals surface area contributed by atoms with Gasteiger partial charge in [0.2, 0.25) is 0 Å². The molecule has 0 atom stereocenters. The average Bonchev–Trinajstić information content (AvgIpc) is 3.00. The van der Waals surface area contributed by atoms with Gasteiger partial charge in [0.15, 0.2) is 0 Å². The zero-order valence-electron chi connectivity index (χ0n) is 26.2. The van der Waals surface area contributed by atoms with Gasteiger partial charge < -0.3 is 19.6 Å². The molecule has 0 spiro atoms. The van der Waals surface area contributed by atoms with Gasteiger partial charge in [-0.2, -0.15) is 0 Å². The van der Waals surface area contributed by atoms with Crippen molar-refractivity contribution in [3.05, 3.63) is 0 Å². The van der Waals surface area contributed by atoms with Gasteiger partial charge in [-0.05, 0) is 202 Å². The fraction of sp³-hybridized carbons (Fsp3) is 1.00. The quantitative estimate of drug-likeness (QED) is 0.342. The second-order valence-corrected chi connectivity index (χ2v) is 16.3. The summed E-state index contributed by atoms with van der Waals surface area (Å²) in [6.45, 7) is 16.9. The molecule has 0 aromatic carbocycles. The van der Waals surface area contributed by atoms with E-state index in [1.165, 1.54) is 181 Å². The van der Waals surface area contributed by atoms with Crippen molar-refractivity contribution >= 4 is 0 Å². The van der Waals surface area contributed by atoms with Gasteiger partial charge in [-0.15, -0.1) is 0 Å². The van der Waals surface area contributed by atoms with E-state index in [0.717, 1.165) is 47.3 Å². The van der Waals surface area contributed by atoms with Crippen LogP contribution < -0.4 is 0 Å². The first-order valence-electron chi connectivity index (χ1n) is 18.6. The van der Waals surface area contributed by atoms with Crippen molar-refractivity contribution in [2.24, 2.45) is 47.3 Å². The van der Waals surface area contributed by atoms with Gasteiger partial charge in [-0.1, -0.05) is 0 Å². The van der Waals surface area contributed by atoms with Crippen molar-refractivity contribution in [3.8, 4) is 0 Å². The molecule has 4 nitrogen and oxygen atoms in total. The van der Waals surface area contributed by atoms with Gasteiger partial charge in [-0.3, -0.25) is 0 Å². The summed E-state index contributed by atoms with van der Waals surface area (Å²) in [5.41, 5.74) is 0. The third kappa shape index (κ3) is 7.31. The van der Waals surface area contributed by atoms with Gasteiger partial charge >= 0.3 is 0 Å². The number of rotatable bonds is 0. The predicted octanol–water partition coefficient (Wildman–Crippen LogP) is 6.46. The highest BCUT2D eigenvalue weighted by Crippen LogP contribution is 2.38. The number of piperidine rings is 4. The Morgan fingerprint density at radius 3 is 0.575 bits per heavy atom. The van der Waals surface area contributed by atoms with E-state index in [4.69, 9.17) is 0 Å². The molecular weight excluding hydrogens is 488 g/mol. The Bertz CT molecular complexity index is 611. The lowest BCUT2D eigenvalue weighted by molar-refractivity contribution is 0.0596. The minimum Gasteiger partial charge on any atom is -0.303 e. The summed E-state index contributed by atoms with van der Waals surface area (Å²) in [5.74, 6) is 8.11. The second kappa shape index (κ2) is 13.6. The van der Waals surface area contributed by atoms with E-state index in [-0.39, 0.29) is 0 Å². The summed E-state index contributed by atoms with van der Waals surface area (Å²) < 4.78 is 0. The first kappa shape index (κ1) is 28.6. The fourth-order valence-electron chi connectivity index (χ4n) is 11.1. The van der Waals surface area contributed by atoms with Crippen molar-refractivity contribution in [1.29, 1.82) is 0 Å². The highest BCUT2D eigenvalue weighted by Gasteiger charge is 2.34. The minimum absolute atomic E-state index is 0.995. The molecule has 20 heterocycles. The maximum absolute atomic E-state index is 2.89. The molecule has 2 saturated carbocycles. The van der Waals surface area contributed by atoms with Crippen LogP contribution >= 0.6 is 0 Å². The van der Waals surface area contributed by atoms with Crippen LogP contribution in [0.5, 0.6) is 0 Å². The largest absolute Gasteiger partial charge is 0.303 e. The standard InChI is InChI=1S/C36H64N4/c1-2-30-4-3-29(1)25-37-17-9-33(10-18-37)35-13-21-39(22-14-35)27-31-5-7-32(8-6-31)28-40-23-15-36(16-24-40)34-11-19-38(26-30)20-12-34/h29-36H,1-28H2. The molecule has 40 heavy (non-hydrogen) atoms. The van der Waals surface area contributed by atoms with E-state index >= 15 is 0 Å². The van der Waals surface area contributed by atoms with Gasteiger partial charge in [0.05, 0.1) is 0 Å². The predicted molar refractivity (Wildman–Crippen MR) is 168 cm³/mol. The van der Waals surface area contributed by atoms with Crippen molar-refractivity contribution in [2.75, 3.05) is 78.5 Å². The topological polar surface area (TPSA) is 13.0 Å². The molecule has 0 radical (unpaired) electrons. The zero-order chi connectivity index (χ0) is 26.7. The van der Waals surface area contributed by atoms with Gasteiger partial charge in [0.25, 0.3) is 0 Å². The normalized spacial score (nSPS) is 49.2. The Balaban J connectivity index is 0.938. The van der Waals surface area contributed by atoms with Gasteiger partial charge in [-0.25, -0.2) is 0 Å². The monoisotopic (exact) mass is 553 g/mol. The summed E-state index contributed by atoms with van der Waals surface area (Å²) in [7, 11) is 0. The summed E-state index contributed by atoms with van der Waals surface area (Å²) in [4.78, 5) is 11.5.